The molecule has 0 aromatic carbocycles. The van der Waals surface area contributed by atoms with Crippen LogP contribution in [-0.4, -0.2) is 35.8 Å². The summed E-state index contributed by atoms with van der Waals surface area (Å²) in [6, 6.07) is 0. The van der Waals surface area contributed by atoms with Crippen molar-refractivity contribution in [2.75, 3.05) is 0 Å². The van der Waals surface area contributed by atoms with Gasteiger partial charge in [0.05, 0.1) is 13.3 Å². The molecule has 3 atom stereocenters. The molecule has 0 bridgehead atoms. The van der Waals surface area contributed by atoms with E-state index in [1.54, 1.807) is 13.8 Å². The smallest absolute Gasteiger partial charge is 0.343 e. The number of aliphatic hydroxyl groups is 1. The van der Waals surface area contributed by atoms with Gasteiger partial charge in [-0.1, -0.05) is 47.3 Å². The molecule has 1 rings (SSSR count). The number of hydrogen-bond acceptors (Lipinski definition) is 4. The second-order valence-electron chi connectivity index (χ2n) is 8.18. The van der Waals surface area contributed by atoms with Crippen LogP contribution < -0.4 is 0 Å². The topological polar surface area (TPSA) is 55.8 Å². The van der Waals surface area contributed by atoms with Crippen LogP contribution in [0.15, 0.2) is 0 Å². The van der Waals surface area contributed by atoms with Crippen molar-refractivity contribution in [1.29, 1.82) is 0 Å². The average Bonchev–Trinajstić information content (AvgIpc) is 2.48. The number of cyclic esters (lactones) is 1. The average molecular weight is 302 g/mol. The maximum absolute atomic E-state index is 12.5. The second kappa shape index (κ2) is 4.55. The maximum Gasteiger partial charge on any atom is 0.343 e. The molecule has 1 N–H and O–H groups in total. The van der Waals surface area contributed by atoms with Crippen molar-refractivity contribution >= 4 is 14.0 Å². The number of hydrogen-bond donors (Lipinski definition) is 1. The van der Waals surface area contributed by atoms with E-state index in [2.05, 4.69) is 0 Å². The lowest BCUT2D eigenvalue weighted by molar-refractivity contribution is -0.248. The minimum atomic E-state index is -2.08. The van der Waals surface area contributed by atoms with Crippen molar-refractivity contribution in [2.45, 2.75) is 84.2 Å². The molecule has 0 aromatic rings. The zero-order chi connectivity index (χ0) is 16.2. The summed E-state index contributed by atoms with van der Waals surface area (Å²) in [6.45, 7) is 17.4. The summed E-state index contributed by atoms with van der Waals surface area (Å²) in [7, 11) is -2.08. The molecule has 0 unspecified atom stereocenters. The summed E-state index contributed by atoms with van der Waals surface area (Å²) < 4.78 is 11.7. The van der Waals surface area contributed by atoms with E-state index in [0.717, 1.165) is 0 Å². The van der Waals surface area contributed by atoms with Crippen LogP contribution in [0.4, 0.5) is 0 Å². The number of rotatable bonds is 3. The second-order valence-corrected chi connectivity index (χ2v) is 13.5. The zero-order valence-corrected chi connectivity index (χ0v) is 15.4. The van der Waals surface area contributed by atoms with E-state index in [9.17, 15) is 9.90 Å². The SMILES string of the molecule is CC[C@](O)([C@@]1(C)O[C@](C)(C(C)(C)C)OC1=O)[Si](C)(C)C. The van der Waals surface area contributed by atoms with Crippen LogP contribution in [0.2, 0.25) is 19.6 Å². The Morgan fingerprint density at radius 1 is 1.20 bits per heavy atom. The molecule has 1 aliphatic rings. The van der Waals surface area contributed by atoms with Gasteiger partial charge >= 0.3 is 5.97 Å². The van der Waals surface area contributed by atoms with Gasteiger partial charge in [0.1, 0.15) is 0 Å². The van der Waals surface area contributed by atoms with Gasteiger partial charge in [-0.2, -0.15) is 0 Å². The van der Waals surface area contributed by atoms with Crippen molar-refractivity contribution < 1.29 is 19.4 Å². The third-order valence-electron chi connectivity index (χ3n) is 4.98. The van der Waals surface area contributed by atoms with Crippen molar-refractivity contribution in [3.05, 3.63) is 0 Å². The fourth-order valence-electron chi connectivity index (χ4n) is 2.87. The Kier molecular flexibility index (Phi) is 4.02. The summed E-state index contributed by atoms with van der Waals surface area (Å²) in [4.78, 5) is 12.5. The molecule has 1 saturated heterocycles. The molecule has 1 heterocycles. The highest BCUT2D eigenvalue weighted by atomic mass is 28.3. The van der Waals surface area contributed by atoms with Crippen molar-refractivity contribution in [3.8, 4) is 0 Å². The summed E-state index contributed by atoms with van der Waals surface area (Å²) in [6.07, 6.45) is 0.467. The molecule has 4 nitrogen and oxygen atoms in total. The van der Waals surface area contributed by atoms with Gasteiger partial charge in [0, 0.05) is 12.3 Å². The van der Waals surface area contributed by atoms with E-state index in [0.29, 0.717) is 6.42 Å². The monoisotopic (exact) mass is 302 g/mol. The third-order valence-corrected chi connectivity index (χ3v) is 8.29. The van der Waals surface area contributed by atoms with Gasteiger partial charge in [-0.25, -0.2) is 4.79 Å². The largest absolute Gasteiger partial charge is 0.431 e. The summed E-state index contributed by atoms with van der Waals surface area (Å²) in [5.41, 5.74) is -1.68. The lowest BCUT2D eigenvalue weighted by Gasteiger charge is -2.47. The zero-order valence-electron chi connectivity index (χ0n) is 14.4. The molecule has 5 heteroatoms. The van der Waals surface area contributed by atoms with Crippen LogP contribution in [0.5, 0.6) is 0 Å². The van der Waals surface area contributed by atoms with Crippen molar-refractivity contribution in [2.24, 2.45) is 5.41 Å². The fourth-order valence-corrected chi connectivity index (χ4v) is 5.51. The molecular formula is C15H30O4Si. The molecular weight excluding hydrogens is 272 g/mol. The number of ether oxygens (including phenoxy) is 2. The molecule has 0 radical (unpaired) electrons. The predicted octanol–water partition coefficient (Wildman–Crippen LogP) is 3.10. The quantitative estimate of drug-likeness (QED) is 0.643. The summed E-state index contributed by atoms with van der Waals surface area (Å²) in [5, 5.41) is 10.1. The Bertz CT molecular complexity index is 409. The molecule has 0 aromatic heterocycles. The lowest BCUT2D eigenvalue weighted by atomic mass is 9.86. The normalized spacial score (nSPS) is 34.8. The van der Waals surface area contributed by atoms with E-state index in [-0.39, 0.29) is 5.41 Å². The molecule has 0 spiro atoms. The highest BCUT2D eigenvalue weighted by Crippen LogP contribution is 2.50. The Hall–Kier alpha value is -0.393. The van der Waals surface area contributed by atoms with Gasteiger partial charge in [-0.15, -0.1) is 0 Å². The first-order chi connectivity index (χ1) is 8.65. The Morgan fingerprint density at radius 2 is 1.65 bits per heavy atom. The highest BCUT2D eigenvalue weighted by molar-refractivity contribution is 6.79. The Balaban J connectivity index is 3.35. The molecule has 118 valence electrons. The van der Waals surface area contributed by atoms with E-state index < -0.39 is 30.7 Å². The van der Waals surface area contributed by atoms with Crippen LogP contribution >= 0.6 is 0 Å². The first kappa shape index (κ1) is 17.7. The van der Waals surface area contributed by atoms with Gasteiger partial charge in [-0.05, 0) is 13.3 Å². The van der Waals surface area contributed by atoms with E-state index in [1.165, 1.54) is 0 Å². The molecule has 0 saturated carbocycles. The number of esters is 1. The first-order valence-electron chi connectivity index (χ1n) is 7.30. The van der Waals surface area contributed by atoms with Gasteiger partial charge < -0.3 is 14.6 Å². The van der Waals surface area contributed by atoms with Crippen LogP contribution in [0, 0.1) is 5.41 Å². The van der Waals surface area contributed by atoms with Crippen molar-refractivity contribution in [1.82, 2.24) is 0 Å². The minimum absolute atomic E-state index is 0.367. The molecule has 0 amide bonds. The standard InChI is InChI=1S/C15H30O4Si/c1-10-15(17,20(7,8)9)13(5)11(16)18-14(6,19-13)12(2,3)4/h17H,10H2,1-9H3/t13-,14+,15+/m0/s1. The van der Waals surface area contributed by atoms with Crippen LogP contribution in [0.3, 0.4) is 0 Å². The minimum Gasteiger partial charge on any atom is -0.431 e. The van der Waals surface area contributed by atoms with Gasteiger partial charge in [0.2, 0.25) is 5.79 Å². The van der Waals surface area contributed by atoms with E-state index in [1.807, 2.05) is 47.3 Å². The maximum atomic E-state index is 12.5. The Labute approximate surface area is 123 Å². The highest BCUT2D eigenvalue weighted by Gasteiger charge is 2.68. The number of carbonyl (C=O) groups is 1. The van der Waals surface area contributed by atoms with Crippen LogP contribution in [0.25, 0.3) is 0 Å². The van der Waals surface area contributed by atoms with Gasteiger partial charge in [0.25, 0.3) is 0 Å². The third kappa shape index (κ3) is 2.24. The summed E-state index contributed by atoms with van der Waals surface area (Å²) >= 11 is 0. The summed E-state index contributed by atoms with van der Waals surface area (Å²) in [5.74, 6) is -1.48. The Morgan fingerprint density at radius 3 is 1.90 bits per heavy atom. The van der Waals surface area contributed by atoms with Crippen LogP contribution in [-0.2, 0) is 14.3 Å². The fraction of sp³-hybridized carbons (Fsp3) is 0.933. The molecule has 20 heavy (non-hydrogen) atoms. The van der Waals surface area contributed by atoms with Crippen molar-refractivity contribution in [3.63, 3.8) is 0 Å². The molecule has 1 aliphatic heterocycles. The molecule has 0 aliphatic carbocycles. The molecule has 1 fully saturated rings. The lowest BCUT2D eigenvalue weighted by Crippen LogP contribution is -2.68. The van der Waals surface area contributed by atoms with E-state index >= 15 is 0 Å². The van der Waals surface area contributed by atoms with E-state index in [4.69, 9.17) is 9.47 Å². The number of carbonyl (C=O) groups excluding carboxylic acids is 1. The predicted molar refractivity (Wildman–Crippen MR) is 82.0 cm³/mol. The van der Waals surface area contributed by atoms with Gasteiger partial charge in [-0.3, -0.25) is 0 Å². The van der Waals surface area contributed by atoms with Crippen LogP contribution in [0.1, 0.15) is 48.0 Å². The van der Waals surface area contributed by atoms with Gasteiger partial charge in [0.15, 0.2) is 5.60 Å². The first-order valence-corrected chi connectivity index (χ1v) is 10.8.